The second kappa shape index (κ2) is 5.05. The molecular formula is C14H30N2. The first-order valence-corrected chi connectivity index (χ1v) is 6.79. The Labute approximate surface area is 102 Å². The molecule has 0 bridgehead atoms. The standard InChI is InChI=1S/C14H30N2/c1-7-12-9-15-14(6,8-2)11-16(12)10-13(3,4)5/h12,15H,7-11H2,1-6H3. The highest BCUT2D eigenvalue weighted by atomic mass is 15.3. The van der Waals surface area contributed by atoms with Crippen molar-refractivity contribution in [2.24, 2.45) is 5.41 Å². The van der Waals surface area contributed by atoms with Crippen molar-refractivity contribution in [2.75, 3.05) is 19.6 Å². The van der Waals surface area contributed by atoms with Crippen LogP contribution >= 0.6 is 0 Å². The molecule has 0 radical (unpaired) electrons. The summed E-state index contributed by atoms with van der Waals surface area (Å²) in [5.41, 5.74) is 0.719. The number of piperazine rings is 1. The van der Waals surface area contributed by atoms with Crippen molar-refractivity contribution in [1.82, 2.24) is 10.2 Å². The van der Waals surface area contributed by atoms with Crippen molar-refractivity contribution < 1.29 is 0 Å². The molecule has 1 aliphatic rings. The molecule has 1 aliphatic heterocycles. The van der Waals surface area contributed by atoms with Gasteiger partial charge in [0.25, 0.3) is 0 Å². The number of nitrogens with one attached hydrogen (secondary N) is 1. The van der Waals surface area contributed by atoms with Crippen LogP contribution < -0.4 is 5.32 Å². The maximum atomic E-state index is 3.72. The maximum absolute atomic E-state index is 3.72. The van der Waals surface area contributed by atoms with Crippen molar-refractivity contribution in [1.29, 1.82) is 0 Å². The molecule has 0 aromatic carbocycles. The Morgan fingerprint density at radius 3 is 2.38 bits per heavy atom. The molecule has 0 aromatic heterocycles. The largest absolute Gasteiger partial charge is 0.309 e. The number of hydrogen-bond donors (Lipinski definition) is 1. The topological polar surface area (TPSA) is 15.3 Å². The van der Waals surface area contributed by atoms with Crippen LogP contribution in [0.15, 0.2) is 0 Å². The first-order valence-electron chi connectivity index (χ1n) is 6.79. The molecule has 2 unspecified atom stereocenters. The van der Waals surface area contributed by atoms with Crippen LogP contribution in [0.25, 0.3) is 0 Å². The molecule has 1 heterocycles. The Morgan fingerprint density at radius 1 is 1.31 bits per heavy atom. The molecule has 16 heavy (non-hydrogen) atoms. The monoisotopic (exact) mass is 226 g/mol. The van der Waals surface area contributed by atoms with Gasteiger partial charge < -0.3 is 5.32 Å². The molecule has 2 heteroatoms. The highest BCUT2D eigenvalue weighted by Gasteiger charge is 2.35. The van der Waals surface area contributed by atoms with E-state index in [1.807, 2.05) is 0 Å². The van der Waals surface area contributed by atoms with Crippen molar-refractivity contribution in [2.45, 2.75) is 66.0 Å². The van der Waals surface area contributed by atoms with Crippen LogP contribution in [0.5, 0.6) is 0 Å². The van der Waals surface area contributed by atoms with Crippen molar-refractivity contribution >= 4 is 0 Å². The van der Waals surface area contributed by atoms with E-state index in [1.54, 1.807) is 0 Å². The minimum Gasteiger partial charge on any atom is -0.309 e. The number of nitrogens with zero attached hydrogens (tertiary/aromatic N) is 1. The first-order chi connectivity index (χ1) is 7.29. The first kappa shape index (κ1) is 14.0. The maximum Gasteiger partial charge on any atom is 0.0278 e. The molecule has 1 N–H and O–H groups in total. The van der Waals surface area contributed by atoms with Gasteiger partial charge in [0.2, 0.25) is 0 Å². The van der Waals surface area contributed by atoms with Gasteiger partial charge in [0.15, 0.2) is 0 Å². The van der Waals surface area contributed by atoms with Gasteiger partial charge in [0, 0.05) is 31.2 Å². The third kappa shape index (κ3) is 3.74. The Bertz CT molecular complexity index is 219. The Kier molecular flexibility index (Phi) is 4.42. The van der Waals surface area contributed by atoms with Crippen molar-refractivity contribution in [3.05, 3.63) is 0 Å². The molecule has 2 atom stereocenters. The minimum absolute atomic E-state index is 0.316. The Balaban J connectivity index is 2.68. The van der Waals surface area contributed by atoms with E-state index in [4.69, 9.17) is 0 Å². The zero-order valence-electron chi connectivity index (χ0n) is 12.1. The lowest BCUT2D eigenvalue weighted by atomic mass is 9.89. The Hall–Kier alpha value is -0.0800. The van der Waals surface area contributed by atoms with Gasteiger partial charge in [-0.1, -0.05) is 34.6 Å². The van der Waals surface area contributed by atoms with Crippen LogP contribution in [-0.2, 0) is 0 Å². The van der Waals surface area contributed by atoms with Crippen LogP contribution in [0.1, 0.15) is 54.4 Å². The van der Waals surface area contributed by atoms with E-state index in [-0.39, 0.29) is 0 Å². The second-order valence-corrected chi connectivity index (χ2v) is 6.82. The van der Waals surface area contributed by atoms with Gasteiger partial charge in [0.05, 0.1) is 0 Å². The van der Waals surface area contributed by atoms with E-state index in [0.717, 1.165) is 12.6 Å². The Morgan fingerprint density at radius 2 is 1.94 bits per heavy atom. The minimum atomic E-state index is 0.316. The van der Waals surface area contributed by atoms with Crippen LogP contribution in [0.2, 0.25) is 0 Å². The van der Waals surface area contributed by atoms with Gasteiger partial charge >= 0.3 is 0 Å². The summed E-state index contributed by atoms with van der Waals surface area (Å²) in [7, 11) is 0. The number of hydrogen-bond acceptors (Lipinski definition) is 2. The third-order valence-electron chi connectivity index (χ3n) is 3.76. The summed E-state index contributed by atoms with van der Waals surface area (Å²) in [6.07, 6.45) is 2.47. The lowest BCUT2D eigenvalue weighted by molar-refractivity contribution is 0.0538. The molecule has 0 amide bonds. The molecule has 1 rings (SSSR count). The van der Waals surface area contributed by atoms with Gasteiger partial charge in [-0.15, -0.1) is 0 Å². The molecule has 96 valence electrons. The smallest absolute Gasteiger partial charge is 0.0278 e. The highest BCUT2D eigenvalue weighted by Crippen LogP contribution is 2.24. The third-order valence-corrected chi connectivity index (χ3v) is 3.76. The average molecular weight is 226 g/mol. The lowest BCUT2D eigenvalue weighted by Crippen LogP contribution is -2.63. The quantitative estimate of drug-likeness (QED) is 0.796. The fourth-order valence-corrected chi connectivity index (χ4v) is 2.56. The van der Waals surface area contributed by atoms with Crippen LogP contribution in [-0.4, -0.2) is 36.1 Å². The normalized spacial score (nSPS) is 33.0. The summed E-state index contributed by atoms with van der Waals surface area (Å²) in [5.74, 6) is 0. The molecular weight excluding hydrogens is 196 g/mol. The fourth-order valence-electron chi connectivity index (χ4n) is 2.56. The van der Waals surface area contributed by atoms with Crippen LogP contribution in [0.4, 0.5) is 0 Å². The SMILES string of the molecule is CCC1CNC(C)(CC)CN1CC(C)(C)C. The van der Waals surface area contributed by atoms with Crippen molar-refractivity contribution in [3.63, 3.8) is 0 Å². The van der Waals surface area contributed by atoms with Gasteiger partial charge in [0.1, 0.15) is 0 Å². The van der Waals surface area contributed by atoms with E-state index in [1.165, 1.54) is 25.9 Å². The van der Waals surface area contributed by atoms with E-state index < -0.39 is 0 Å². The second-order valence-electron chi connectivity index (χ2n) is 6.82. The molecule has 2 nitrogen and oxygen atoms in total. The van der Waals surface area contributed by atoms with E-state index in [0.29, 0.717) is 11.0 Å². The van der Waals surface area contributed by atoms with Gasteiger partial charge in [-0.2, -0.15) is 0 Å². The molecule has 1 saturated heterocycles. The zero-order chi connectivity index (χ0) is 12.4. The summed E-state index contributed by atoms with van der Waals surface area (Å²) >= 11 is 0. The van der Waals surface area contributed by atoms with E-state index in [9.17, 15) is 0 Å². The molecule has 1 fully saturated rings. The van der Waals surface area contributed by atoms with Gasteiger partial charge in [-0.05, 0) is 25.2 Å². The summed E-state index contributed by atoms with van der Waals surface area (Å²) in [6, 6.07) is 0.721. The van der Waals surface area contributed by atoms with Crippen LogP contribution in [0.3, 0.4) is 0 Å². The van der Waals surface area contributed by atoms with Gasteiger partial charge in [-0.25, -0.2) is 0 Å². The summed E-state index contributed by atoms with van der Waals surface area (Å²) in [5, 5.41) is 3.72. The van der Waals surface area contributed by atoms with E-state index >= 15 is 0 Å². The molecule has 0 spiro atoms. The summed E-state index contributed by atoms with van der Waals surface area (Å²) in [4.78, 5) is 2.69. The average Bonchev–Trinajstić information content (AvgIpc) is 2.16. The van der Waals surface area contributed by atoms with Crippen molar-refractivity contribution in [3.8, 4) is 0 Å². The lowest BCUT2D eigenvalue weighted by Gasteiger charge is -2.47. The summed E-state index contributed by atoms with van der Waals surface area (Å²) < 4.78 is 0. The van der Waals surface area contributed by atoms with Gasteiger partial charge in [-0.3, -0.25) is 4.90 Å². The molecule has 0 saturated carbocycles. The molecule has 0 aromatic rings. The highest BCUT2D eigenvalue weighted by molar-refractivity contribution is 4.94. The molecule has 0 aliphatic carbocycles. The predicted molar refractivity (Wildman–Crippen MR) is 71.8 cm³/mol. The zero-order valence-corrected chi connectivity index (χ0v) is 12.1. The number of rotatable bonds is 3. The van der Waals surface area contributed by atoms with E-state index in [2.05, 4.69) is 51.8 Å². The summed E-state index contributed by atoms with van der Waals surface area (Å²) in [6.45, 7) is 17.5. The predicted octanol–water partition coefficient (Wildman–Crippen LogP) is 2.89. The van der Waals surface area contributed by atoms with Crippen LogP contribution in [0, 0.1) is 5.41 Å². The fraction of sp³-hybridized carbons (Fsp3) is 1.00.